The van der Waals surface area contributed by atoms with E-state index in [1.807, 2.05) is 26.8 Å². The second kappa shape index (κ2) is 10.7. The first-order valence-corrected chi connectivity index (χ1v) is 12.2. The van der Waals surface area contributed by atoms with Gasteiger partial charge in [0.2, 0.25) is 15.9 Å². The van der Waals surface area contributed by atoms with Crippen molar-refractivity contribution in [2.75, 3.05) is 18.4 Å². The fourth-order valence-electron chi connectivity index (χ4n) is 3.42. The first-order valence-electron chi connectivity index (χ1n) is 10.8. The van der Waals surface area contributed by atoms with Crippen LogP contribution < -0.4 is 10.6 Å². The van der Waals surface area contributed by atoms with Crippen molar-refractivity contribution < 1.29 is 18.0 Å². The molecule has 0 unspecified atom stereocenters. The summed E-state index contributed by atoms with van der Waals surface area (Å²) < 4.78 is 27.3. The lowest BCUT2D eigenvalue weighted by Gasteiger charge is -2.23. The fourth-order valence-corrected chi connectivity index (χ4v) is 5.13. The number of nitrogens with one attached hydrogen (secondary N) is 2. The molecule has 2 rings (SSSR count). The van der Waals surface area contributed by atoms with Crippen molar-refractivity contribution >= 4 is 27.5 Å². The zero-order valence-corrected chi connectivity index (χ0v) is 20.4. The Balaban J connectivity index is 2.26. The molecule has 174 valence electrons. The number of sulfonamides is 1. The fraction of sp³-hybridized carbons (Fsp3) is 0.417. The number of hydrogen-bond acceptors (Lipinski definition) is 4. The van der Waals surface area contributed by atoms with Crippen molar-refractivity contribution in [1.82, 2.24) is 9.62 Å². The average Bonchev–Trinajstić information content (AvgIpc) is 2.73. The maximum atomic E-state index is 13.0. The van der Waals surface area contributed by atoms with Crippen LogP contribution >= 0.6 is 0 Å². The molecule has 32 heavy (non-hydrogen) atoms. The summed E-state index contributed by atoms with van der Waals surface area (Å²) in [6.07, 6.45) is 0. The highest BCUT2D eigenvalue weighted by atomic mass is 32.2. The molecule has 0 aliphatic heterocycles. The van der Waals surface area contributed by atoms with Crippen LogP contribution in [0, 0.1) is 19.8 Å². The van der Waals surface area contributed by atoms with Gasteiger partial charge in [-0.05, 0) is 49.6 Å². The highest BCUT2D eigenvalue weighted by Crippen LogP contribution is 2.24. The smallest absolute Gasteiger partial charge is 0.251 e. The van der Waals surface area contributed by atoms with Crippen molar-refractivity contribution in [3.05, 3.63) is 59.2 Å². The molecular weight excluding hydrogens is 426 g/mol. The molecule has 7 nitrogen and oxygen atoms in total. The zero-order valence-electron chi connectivity index (χ0n) is 19.6. The van der Waals surface area contributed by atoms with E-state index < -0.39 is 22.0 Å². The molecule has 8 heteroatoms. The Labute approximate surface area is 191 Å². The molecule has 0 bridgehead atoms. The van der Waals surface area contributed by atoms with Gasteiger partial charge in [-0.15, -0.1) is 0 Å². The monoisotopic (exact) mass is 459 g/mol. The van der Waals surface area contributed by atoms with Crippen LogP contribution in [-0.4, -0.2) is 43.7 Å². The summed E-state index contributed by atoms with van der Waals surface area (Å²) >= 11 is 0. The summed E-state index contributed by atoms with van der Waals surface area (Å²) in [5.74, 6) is -0.916. The van der Waals surface area contributed by atoms with E-state index in [2.05, 4.69) is 10.6 Å². The third kappa shape index (κ3) is 5.95. The van der Waals surface area contributed by atoms with Crippen LogP contribution in [0.25, 0.3) is 0 Å². The van der Waals surface area contributed by atoms with E-state index >= 15 is 0 Å². The highest BCUT2D eigenvalue weighted by Gasteiger charge is 2.27. The van der Waals surface area contributed by atoms with Gasteiger partial charge in [0, 0.05) is 24.3 Å². The predicted octanol–water partition coefficient (Wildman–Crippen LogP) is 3.73. The van der Waals surface area contributed by atoms with Gasteiger partial charge in [0.15, 0.2) is 0 Å². The van der Waals surface area contributed by atoms with E-state index in [4.69, 9.17) is 0 Å². The van der Waals surface area contributed by atoms with Gasteiger partial charge < -0.3 is 10.6 Å². The Kier molecular flexibility index (Phi) is 8.58. The molecule has 0 aliphatic rings. The van der Waals surface area contributed by atoms with Crippen LogP contribution in [0.15, 0.2) is 47.4 Å². The first kappa shape index (κ1) is 25.5. The van der Waals surface area contributed by atoms with Crippen molar-refractivity contribution in [1.29, 1.82) is 0 Å². The summed E-state index contributed by atoms with van der Waals surface area (Å²) in [5.41, 5.74) is 2.39. The van der Waals surface area contributed by atoms with E-state index in [-0.39, 0.29) is 16.7 Å². The van der Waals surface area contributed by atoms with Gasteiger partial charge >= 0.3 is 0 Å². The molecule has 2 aromatic rings. The number of carbonyl (C=O) groups excluding carboxylic acids is 2. The average molecular weight is 460 g/mol. The van der Waals surface area contributed by atoms with Crippen molar-refractivity contribution in [3.63, 3.8) is 0 Å². The quantitative estimate of drug-likeness (QED) is 0.597. The van der Waals surface area contributed by atoms with E-state index in [1.165, 1.54) is 10.4 Å². The number of carbonyl (C=O) groups is 2. The number of rotatable bonds is 9. The number of benzene rings is 2. The van der Waals surface area contributed by atoms with Gasteiger partial charge in [-0.3, -0.25) is 9.59 Å². The van der Waals surface area contributed by atoms with Crippen LogP contribution in [0.1, 0.15) is 49.2 Å². The van der Waals surface area contributed by atoms with Crippen LogP contribution in [0.3, 0.4) is 0 Å². The van der Waals surface area contributed by atoms with Gasteiger partial charge in [0.05, 0.1) is 4.90 Å². The first-order chi connectivity index (χ1) is 15.0. The van der Waals surface area contributed by atoms with Gasteiger partial charge in [0.25, 0.3) is 5.91 Å². The number of amides is 2. The van der Waals surface area contributed by atoms with Crippen molar-refractivity contribution in [3.8, 4) is 0 Å². The van der Waals surface area contributed by atoms with Crippen LogP contribution in [0.4, 0.5) is 5.69 Å². The minimum Gasteiger partial charge on any atom is -0.340 e. The summed E-state index contributed by atoms with van der Waals surface area (Å²) in [5, 5.41) is 5.56. The molecule has 2 N–H and O–H groups in total. The summed E-state index contributed by atoms with van der Waals surface area (Å²) in [6.45, 7) is 11.6. The lowest BCUT2D eigenvalue weighted by atomic mass is 10.0. The lowest BCUT2D eigenvalue weighted by Crippen LogP contribution is -2.47. The second-order valence-corrected chi connectivity index (χ2v) is 10.0. The maximum absolute atomic E-state index is 13.0. The third-order valence-corrected chi connectivity index (χ3v) is 7.49. The third-order valence-electron chi connectivity index (χ3n) is 5.29. The maximum Gasteiger partial charge on any atom is 0.251 e. The van der Waals surface area contributed by atoms with E-state index in [1.54, 1.807) is 51.1 Å². The van der Waals surface area contributed by atoms with Crippen LogP contribution in [-0.2, 0) is 14.8 Å². The Morgan fingerprint density at radius 1 is 1.00 bits per heavy atom. The second-order valence-electron chi connectivity index (χ2n) is 8.12. The van der Waals surface area contributed by atoms with E-state index in [9.17, 15) is 18.0 Å². The number of nitrogens with zero attached hydrogens (tertiary/aromatic N) is 1. The summed E-state index contributed by atoms with van der Waals surface area (Å²) in [4.78, 5) is 25.8. The highest BCUT2D eigenvalue weighted by molar-refractivity contribution is 7.89. The summed E-state index contributed by atoms with van der Waals surface area (Å²) in [7, 11) is -3.67. The van der Waals surface area contributed by atoms with E-state index in [0.29, 0.717) is 29.9 Å². The van der Waals surface area contributed by atoms with Crippen LogP contribution in [0.2, 0.25) is 0 Å². The van der Waals surface area contributed by atoms with Crippen molar-refractivity contribution in [2.45, 2.75) is 52.5 Å². The largest absolute Gasteiger partial charge is 0.340 e. The van der Waals surface area contributed by atoms with Gasteiger partial charge in [0.1, 0.15) is 6.04 Å². The number of anilines is 1. The Bertz CT molecular complexity index is 1080. The molecular formula is C24H33N3O4S. The topological polar surface area (TPSA) is 95.6 Å². The molecule has 1 atom stereocenters. The zero-order chi connectivity index (χ0) is 24.1. The van der Waals surface area contributed by atoms with Gasteiger partial charge in [-0.25, -0.2) is 8.42 Å². The molecule has 2 aromatic carbocycles. The molecule has 2 amide bonds. The molecule has 0 saturated carbocycles. The van der Waals surface area contributed by atoms with Crippen LogP contribution in [0.5, 0.6) is 0 Å². The van der Waals surface area contributed by atoms with Crippen molar-refractivity contribution in [2.24, 2.45) is 5.92 Å². The van der Waals surface area contributed by atoms with Gasteiger partial charge in [-0.2, -0.15) is 4.31 Å². The van der Waals surface area contributed by atoms with E-state index in [0.717, 1.165) is 5.56 Å². The predicted molar refractivity (Wildman–Crippen MR) is 127 cm³/mol. The van der Waals surface area contributed by atoms with Gasteiger partial charge in [-0.1, -0.05) is 51.5 Å². The number of hydrogen-bond donors (Lipinski definition) is 2. The minimum atomic E-state index is -3.67. The SMILES string of the molecule is CCN(CC)S(=O)(=O)c1cc(NC(=O)[C@@H](NC(=O)c2cccc(C)c2)C(C)C)ccc1C. The molecule has 0 aliphatic carbocycles. The Hall–Kier alpha value is -2.71. The molecule has 0 saturated heterocycles. The molecule has 0 aromatic heterocycles. The Morgan fingerprint density at radius 2 is 1.66 bits per heavy atom. The molecule has 0 radical (unpaired) electrons. The molecule has 0 heterocycles. The lowest BCUT2D eigenvalue weighted by molar-refractivity contribution is -0.118. The Morgan fingerprint density at radius 3 is 2.22 bits per heavy atom. The molecule has 0 spiro atoms. The normalized spacial score (nSPS) is 12.6. The molecule has 0 fully saturated rings. The summed E-state index contributed by atoms with van der Waals surface area (Å²) in [6, 6.07) is 11.2. The minimum absolute atomic E-state index is 0.156. The standard InChI is InChI=1S/C24H33N3O4S/c1-7-27(8-2)32(30,31)21-15-20(13-12-18(21)6)25-24(29)22(16(3)4)26-23(28)19-11-9-10-17(5)14-19/h9-16,22H,7-8H2,1-6H3,(H,25,29)(H,26,28)/t22-/m0/s1. The number of aryl methyl sites for hydroxylation is 2.